The van der Waals surface area contributed by atoms with E-state index in [0.717, 1.165) is 10.9 Å². The number of aromatic amines is 1. The second-order valence-electron chi connectivity index (χ2n) is 4.51. The lowest BCUT2D eigenvalue weighted by Crippen LogP contribution is -2.13. The largest absolute Gasteiger partial charge is 0.361 e. The topological polar surface area (TPSA) is 68.7 Å². The number of H-pyrrole nitrogens is 1. The number of carbonyl (C=O) groups excluding carboxylic acids is 1. The van der Waals surface area contributed by atoms with E-state index in [9.17, 15) is 9.18 Å². The Morgan fingerprint density at radius 2 is 2.10 bits per heavy atom. The third kappa shape index (κ3) is 2.35. The van der Waals surface area contributed by atoms with Gasteiger partial charge in [0.15, 0.2) is 0 Å². The van der Waals surface area contributed by atoms with Crippen molar-refractivity contribution in [1.29, 1.82) is 5.26 Å². The Kier molecular flexibility index (Phi) is 3.13. The van der Waals surface area contributed by atoms with E-state index in [2.05, 4.69) is 10.3 Å². The minimum atomic E-state index is -0.656. The second kappa shape index (κ2) is 5.10. The summed E-state index contributed by atoms with van der Waals surface area (Å²) in [6.07, 6.45) is 1.78. The summed E-state index contributed by atoms with van der Waals surface area (Å²) in [6, 6.07) is 12.9. The number of aromatic nitrogens is 1. The van der Waals surface area contributed by atoms with Crippen LogP contribution in [0, 0.1) is 17.1 Å². The molecule has 4 nitrogen and oxygen atoms in total. The van der Waals surface area contributed by atoms with Gasteiger partial charge in [0.05, 0.1) is 5.69 Å². The van der Waals surface area contributed by atoms with Crippen LogP contribution in [0.5, 0.6) is 0 Å². The fourth-order valence-electron chi connectivity index (χ4n) is 2.13. The third-order valence-corrected chi connectivity index (χ3v) is 3.19. The SMILES string of the molecule is N#Cc1c(F)cccc1NC(=O)c1ccc2[nH]ccc2c1. The standard InChI is InChI=1S/C16H10FN3O/c17-13-2-1-3-15(12(13)9-18)20-16(21)11-4-5-14-10(8-11)6-7-19-14/h1-8,19H,(H,20,21). The van der Waals surface area contributed by atoms with Gasteiger partial charge in [-0.15, -0.1) is 0 Å². The first-order valence-corrected chi connectivity index (χ1v) is 6.26. The summed E-state index contributed by atoms with van der Waals surface area (Å²) in [7, 11) is 0. The molecule has 0 unspecified atom stereocenters. The van der Waals surface area contributed by atoms with Gasteiger partial charge in [0.1, 0.15) is 17.4 Å². The van der Waals surface area contributed by atoms with Gasteiger partial charge in [0.25, 0.3) is 5.91 Å². The van der Waals surface area contributed by atoms with Crippen LogP contribution in [0.1, 0.15) is 15.9 Å². The molecule has 2 aromatic carbocycles. The Labute approximate surface area is 119 Å². The predicted molar refractivity (Wildman–Crippen MR) is 77.4 cm³/mol. The molecule has 0 radical (unpaired) electrons. The minimum Gasteiger partial charge on any atom is -0.361 e. The van der Waals surface area contributed by atoms with Crippen LogP contribution in [0.2, 0.25) is 0 Å². The van der Waals surface area contributed by atoms with Crippen LogP contribution >= 0.6 is 0 Å². The van der Waals surface area contributed by atoms with Crippen LogP contribution in [-0.4, -0.2) is 10.9 Å². The van der Waals surface area contributed by atoms with Crippen LogP contribution in [0.4, 0.5) is 10.1 Å². The first-order chi connectivity index (χ1) is 10.2. The molecule has 0 aliphatic heterocycles. The number of nitriles is 1. The summed E-state index contributed by atoms with van der Waals surface area (Å²) in [5, 5.41) is 12.4. The molecule has 5 heteroatoms. The van der Waals surface area contributed by atoms with Crippen molar-refractivity contribution in [2.75, 3.05) is 5.32 Å². The van der Waals surface area contributed by atoms with Gasteiger partial charge in [-0.25, -0.2) is 4.39 Å². The van der Waals surface area contributed by atoms with Gasteiger partial charge in [0.2, 0.25) is 0 Å². The van der Waals surface area contributed by atoms with Crippen LogP contribution in [-0.2, 0) is 0 Å². The predicted octanol–water partition coefficient (Wildman–Crippen LogP) is 3.43. The summed E-state index contributed by atoms with van der Waals surface area (Å²) in [4.78, 5) is 15.2. The van der Waals surface area contributed by atoms with Gasteiger partial charge in [0, 0.05) is 22.7 Å². The van der Waals surface area contributed by atoms with Crippen molar-refractivity contribution < 1.29 is 9.18 Å². The van der Waals surface area contributed by atoms with Crippen molar-refractivity contribution in [3.63, 3.8) is 0 Å². The summed E-state index contributed by atoms with van der Waals surface area (Å²) < 4.78 is 13.5. The monoisotopic (exact) mass is 279 g/mol. The summed E-state index contributed by atoms with van der Waals surface area (Å²) in [5.74, 6) is -1.04. The van der Waals surface area contributed by atoms with Gasteiger partial charge < -0.3 is 10.3 Å². The molecule has 0 aliphatic carbocycles. The number of carbonyl (C=O) groups is 1. The highest BCUT2D eigenvalue weighted by Crippen LogP contribution is 2.20. The zero-order valence-electron chi connectivity index (χ0n) is 10.9. The van der Waals surface area contributed by atoms with Crippen LogP contribution < -0.4 is 5.32 Å². The van der Waals surface area contributed by atoms with Crippen LogP contribution in [0.3, 0.4) is 0 Å². The fourth-order valence-corrected chi connectivity index (χ4v) is 2.13. The smallest absolute Gasteiger partial charge is 0.255 e. The molecule has 0 saturated heterocycles. The molecule has 0 spiro atoms. The zero-order chi connectivity index (χ0) is 14.8. The number of anilines is 1. The molecule has 3 rings (SSSR count). The Morgan fingerprint density at radius 1 is 1.24 bits per heavy atom. The third-order valence-electron chi connectivity index (χ3n) is 3.19. The number of halogens is 1. The molecule has 102 valence electrons. The van der Waals surface area contributed by atoms with E-state index in [0.29, 0.717) is 5.56 Å². The number of nitrogens with zero attached hydrogens (tertiary/aromatic N) is 1. The molecular weight excluding hydrogens is 269 g/mol. The highest BCUT2D eigenvalue weighted by molar-refractivity contribution is 6.06. The molecule has 21 heavy (non-hydrogen) atoms. The van der Waals surface area contributed by atoms with Crippen molar-refractivity contribution in [2.24, 2.45) is 0 Å². The first-order valence-electron chi connectivity index (χ1n) is 6.26. The number of hydrogen-bond acceptors (Lipinski definition) is 2. The molecule has 1 amide bonds. The number of amides is 1. The van der Waals surface area contributed by atoms with Gasteiger partial charge >= 0.3 is 0 Å². The first kappa shape index (κ1) is 12.9. The van der Waals surface area contributed by atoms with Crippen LogP contribution in [0.25, 0.3) is 10.9 Å². The summed E-state index contributed by atoms with van der Waals surface area (Å²) >= 11 is 0. The van der Waals surface area contributed by atoms with E-state index >= 15 is 0 Å². The molecule has 1 aromatic heterocycles. The molecule has 0 atom stereocenters. The summed E-state index contributed by atoms with van der Waals surface area (Å²) in [5.41, 5.74) is 1.36. The Morgan fingerprint density at radius 3 is 2.90 bits per heavy atom. The Bertz CT molecular complexity index is 877. The number of fused-ring (bicyclic) bond motifs is 1. The lowest BCUT2D eigenvalue weighted by atomic mass is 10.1. The fraction of sp³-hybridized carbons (Fsp3) is 0. The maximum Gasteiger partial charge on any atom is 0.255 e. The quantitative estimate of drug-likeness (QED) is 0.754. The summed E-state index contributed by atoms with van der Waals surface area (Å²) in [6.45, 7) is 0. The molecule has 0 fully saturated rings. The average Bonchev–Trinajstić information content (AvgIpc) is 2.94. The normalized spacial score (nSPS) is 10.3. The molecule has 0 bridgehead atoms. The van der Waals surface area contributed by atoms with Crippen molar-refractivity contribution in [3.05, 3.63) is 65.6 Å². The highest BCUT2D eigenvalue weighted by atomic mass is 19.1. The van der Waals surface area contributed by atoms with Gasteiger partial charge in [-0.05, 0) is 36.4 Å². The van der Waals surface area contributed by atoms with E-state index in [4.69, 9.17) is 5.26 Å². The number of nitrogens with one attached hydrogen (secondary N) is 2. The molecule has 3 aromatic rings. The van der Waals surface area contributed by atoms with Crippen molar-refractivity contribution in [2.45, 2.75) is 0 Å². The Balaban J connectivity index is 1.93. The molecule has 0 aliphatic rings. The lowest BCUT2D eigenvalue weighted by molar-refractivity contribution is 0.102. The molecule has 1 heterocycles. The van der Waals surface area contributed by atoms with Crippen molar-refractivity contribution in [3.8, 4) is 6.07 Å². The molecule has 2 N–H and O–H groups in total. The van der Waals surface area contributed by atoms with Crippen molar-refractivity contribution >= 4 is 22.5 Å². The maximum atomic E-state index is 13.5. The van der Waals surface area contributed by atoms with Crippen LogP contribution in [0.15, 0.2) is 48.7 Å². The van der Waals surface area contributed by atoms with E-state index < -0.39 is 5.82 Å². The number of hydrogen-bond donors (Lipinski definition) is 2. The van der Waals surface area contributed by atoms with Gasteiger partial charge in [-0.3, -0.25) is 4.79 Å². The zero-order valence-corrected chi connectivity index (χ0v) is 10.9. The number of rotatable bonds is 2. The highest BCUT2D eigenvalue weighted by Gasteiger charge is 2.12. The molecule has 0 saturated carbocycles. The Hall–Kier alpha value is -3.13. The van der Waals surface area contributed by atoms with Gasteiger partial charge in [-0.2, -0.15) is 5.26 Å². The average molecular weight is 279 g/mol. The number of benzene rings is 2. The lowest BCUT2D eigenvalue weighted by Gasteiger charge is -2.07. The van der Waals surface area contributed by atoms with Crippen molar-refractivity contribution in [1.82, 2.24) is 4.98 Å². The van der Waals surface area contributed by atoms with E-state index in [1.165, 1.54) is 18.2 Å². The van der Waals surface area contributed by atoms with E-state index in [-0.39, 0.29) is 17.2 Å². The van der Waals surface area contributed by atoms with Gasteiger partial charge in [-0.1, -0.05) is 6.07 Å². The minimum absolute atomic E-state index is 0.164. The van der Waals surface area contributed by atoms with E-state index in [1.807, 2.05) is 6.07 Å². The maximum absolute atomic E-state index is 13.5. The van der Waals surface area contributed by atoms with E-state index in [1.54, 1.807) is 30.5 Å². The molecular formula is C16H10FN3O. The second-order valence-corrected chi connectivity index (χ2v) is 4.51.